The number of hydrogen-bond donors (Lipinski definition) is 1. The Balaban J connectivity index is 1.82. The Morgan fingerprint density at radius 1 is 1.00 bits per heavy atom. The minimum Gasteiger partial charge on any atom is -0.506 e. The summed E-state index contributed by atoms with van der Waals surface area (Å²) in [5.74, 6) is -0.770. The number of non-ortho nitro benzene ring substituents is 1. The van der Waals surface area contributed by atoms with Crippen molar-refractivity contribution >= 4 is 5.69 Å². The van der Waals surface area contributed by atoms with Crippen molar-refractivity contribution in [3.63, 3.8) is 0 Å². The van der Waals surface area contributed by atoms with Crippen molar-refractivity contribution in [3.05, 3.63) is 87.9 Å². The Bertz CT molecular complexity index is 1500. The Morgan fingerprint density at radius 3 is 2.26 bits per heavy atom. The van der Waals surface area contributed by atoms with Gasteiger partial charge in [-0.1, -0.05) is 0 Å². The standard InChI is InChI=1S/C24H16F6N4O4/c1-33-18(9-20(32-33)24(28,29)30)17-6-7-19(38-12-13-2-4-16(5-3-13)34(36)37)21(22(17)35)14-8-15(11-31-10-14)23(25,26)27/h2-11,35H,12H2,1H3. The van der Waals surface area contributed by atoms with Crippen LogP contribution in [0.2, 0.25) is 0 Å². The number of phenols is 1. The number of nitro groups is 1. The summed E-state index contributed by atoms with van der Waals surface area (Å²) < 4.78 is 86.2. The number of aryl methyl sites for hydroxylation is 1. The Hall–Kier alpha value is -4.62. The summed E-state index contributed by atoms with van der Waals surface area (Å²) in [7, 11) is 1.22. The van der Waals surface area contributed by atoms with E-state index in [1.54, 1.807) is 0 Å². The number of ether oxygens (including phenoxy) is 1. The zero-order valence-electron chi connectivity index (χ0n) is 19.2. The van der Waals surface area contributed by atoms with E-state index in [2.05, 4.69) is 10.1 Å². The van der Waals surface area contributed by atoms with E-state index in [0.29, 0.717) is 17.8 Å². The molecule has 2 heterocycles. The molecule has 14 heteroatoms. The van der Waals surface area contributed by atoms with Crippen molar-refractivity contribution in [3.8, 4) is 33.9 Å². The van der Waals surface area contributed by atoms with Gasteiger partial charge in [-0.05, 0) is 42.0 Å². The number of aromatic hydroxyl groups is 1. The third-order valence-electron chi connectivity index (χ3n) is 5.48. The summed E-state index contributed by atoms with van der Waals surface area (Å²) in [6.07, 6.45) is -7.91. The average molecular weight is 538 g/mol. The molecular formula is C24H16F6N4O4. The molecule has 0 aliphatic carbocycles. The number of aromatic nitrogens is 3. The van der Waals surface area contributed by atoms with Crippen LogP contribution in [0.3, 0.4) is 0 Å². The fourth-order valence-corrected chi connectivity index (χ4v) is 3.64. The van der Waals surface area contributed by atoms with Crippen LogP contribution in [0.1, 0.15) is 16.8 Å². The van der Waals surface area contributed by atoms with E-state index < -0.39 is 34.3 Å². The first-order chi connectivity index (χ1) is 17.8. The lowest BCUT2D eigenvalue weighted by Crippen LogP contribution is -2.06. The van der Waals surface area contributed by atoms with E-state index in [1.807, 2.05) is 0 Å². The van der Waals surface area contributed by atoms with Gasteiger partial charge in [-0.15, -0.1) is 0 Å². The quantitative estimate of drug-likeness (QED) is 0.174. The maximum Gasteiger partial charge on any atom is 0.435 e. The summed E-state index contributed by atoms with van der Waals surface area (Å²) in [5.41, 5.74) is -2.82. The average Bonchev–Trinajstić information content (AvgIpc) is 3.24. The molecule has 0 saturated carbocycles. The molecule has 38 heavy (non-hydrogen) atoms. The molecule has 0 fully saturated rings. The van der Waals surface area contributed by atoms with E-state index in [0.717, 1.165) is 16.9 Å². The van der Waals surface area contributed by atoms with Gasteiger partial charge in [0, 0.05) is 42.7 Å². The number of pyridine rings is 1. The largest absolute Gasteiger partial charge is 0.506 e. The van der Waals surface area contributed by atoms with Crippen molar-refractivity contribution in [1.82, 2.24) is 14.8 Å². The molecule has 4 aromatic rings. The number of phenolic OH excluding ortho intramolecular Hbond substituents is 1. The molecule has 0 spiro atoms. The molecule has 2 aromatic heterocycles. The second kappa shape index (κ2) is 9.68. The molecule has 198 valence electrons. The summed E-state index contributed by atoms with van der Waals surface area (Å²) >= 11 is 0. The van der Waals surface area contributed by atoms with Gasteiger partial charge >= 0.3 is 12.4 Å². The third-order valence-corrected chi connectivity index (χ3v) is 5.48. The van der Waals surface area contributed by atoms with Crippen LogP contribution in [0.5, 0.6) is 11.5 Å². The van der Waals surface area contributed by atoms with Gasteiger partial charge in [0.25, 0.3) is 5.69 Å². The number of nitrogens with zero attached hydrogens (tertiary/aromatic N) is 4. The van der Waals surface area contributed by atoms with Gasteiger partial charge in [-0.25, -0.2) is 0 Å². The van der Waals surface area contributed by atoms with Crippen LogP contribution in [0.25, 0.3) is 22.4 Å². The van der Waals surface area contributed by atoms with Crippen LogP contribution >= 0.6 is 0 Å². The zero-order chi connectivity index (χ0) is 27.8. The lowest BCUT2D eigenvalue weighted by Gasteiger charge is -2.17. The first-order valence-electron chi connectivity index (χ1n) is 10.6. The third kappa shape index (κ3) is 5.38. The number of halogens is 6. The number of rotatable bonds is 6. The molecule has 1 N–H and O–H groups in total. The Kier molecular flexibility index (Phi) is 6.74. The van der Waals surface area contributed by atoms with Crippen molar-refractivity contribution < 1.29 is 41.1 Å². The Morgan fingerprint density at radius 2 is 1.68 bits per heavy atom. The van der Waals surface area contributed by atoms with Gasteiger partial charge in [0.2, 0.25) is 0 Å². The highest BCUT2D eigenvalue weighted by atomic mass is 19.4. The summed E-state index contributed by atoms with van der Waals surface area (Å²) in [6, 6.07) is 9.21. The highest BCUT2D eigenvalue weighted by Crippen LogP contribution is 2.46. The highest BCUT2D eigenvalue weighted by molar-refractivity contribution is 5.85. The van der Waals surface area contributed by atoms with Gasteiger partial charge < -0.3 is 9.84 Å². The van der Waals surface area contributed by atoms with Gasteiger partial charge in [-0.2, -0.15) is 31.4 Å². The van der Waals surface area contributed by atoms with Crippen molar-refractivity contribution in [2.24, 2.45) is 7.05 Å². The molecule has 0 aliphatic rings. The molecule has 0 unspecified atom stereocenters. The monoisotopic (exact) mass is 538 g/mol. The van der Waals surface area contributed by atoms with Crippen LogP contribution in [-0.4, -0.2) is 24.8 Å². The number of nitro benzene ring substituents is 1. The van der Waals surface area contributed by atoms with Gasteiger partial charge in [-0.3, -0.25) is 19.8 Å². The van der Waals surface area contributed by atoms with E-state index in [4.69, 9.17) is 4.74 Å². The molecule has 2 aromatic carbocycles. The molecule has 0 atom stereocenters. The normalized spacial score (nSPS) is 12.0. The summed E-state index contributed by atoms with van der Waals surface area (Å²) in [6.45, 7) is -0.194. The van der Waals surface area contributed by atoms with Gasteiger partial charge in [0.15, 0.2) is 5.69 Å². The topological polar surface area (TPSA) is 103 Å². The molecule has 0 bridgehead atoms. The molecular weight excluding hydrogens is 522 g/mol. The maximum atomic E-state index is 13.4. The van der Waals surface area contributed by atoms with E-state index >= 15 is 0 Å². The fourth-order valence-electron chi connectivity index (χ4n) is 3.64. The fraction of sp³-hybridized carbons (Fsp3) is 0.167. The highest BCUT2D eigenvalue weighted by Gasteiger charge is 2.35. The van der Waals surface area contributed by atoms with Crippen LogP contribution in [0.15, 0.2) is 60.9 Å². The lowest BCUT2D eigenvalue weighted by molar-refractivity contribution is -0.384. The van der Waals surface area contributed by atoms with E-state index in [1.165, 1.54) is 43.4 Å². The number of hydrogen-bond acceptors (Lipinski definition) is 6. The van der Waals surface area contributed by atoms with Crippen LogP contribution in [0, 0.1) is 10.1 Å². The summed E-state index contributed by atoms with van der Waals surface area (Å²) in [5, 5.41) is 25.4. The smallest absolute Gasteiger partial charge is 0.435 e. The van der Waals surface area contributed by atoms with Gasteiger partial charge in [0.1, 0.15) is 18.1 Å². The molecule has 0 radical (unpaired) electrons. The maximum absolute atomic E-state index is 13.4. The van der Waals surface area contributed by atoms with Crippen molar-refractivity contribution in [2.75, 3.05) is 0 Å². The Labute approximate surface area is 209 Å². The number of benzene rings is 2. The number of alkyl halides is 6. The second-order valence-electron chi connectivity index (χ2n) is 8.04. The van der Waals surface area contributed by atoms with Gasteiger partial charge in [0.05, 0.1) is 21.7 Å². The van der Waals surface area contributed by atoms with Crippen LogP contribution in [0.4, 0.5) is 32.0 Å². The molecule has 8 nitrogen and oxygen atoms in total. The van der Waals surface area contributed by atoms with E-state index in [9.17, 15) is 41.6 Å². The van der Waals surface area contributed by atoms with Crippen molar-refractivity contribution in [2.45, 2.75) is 19.0 Å². The SMILES string of the molecule is Cn1nc(C(F)(F)F)cc1-c1ccc(OCc2ccc([N+](=O)[O-])cc2)c(-c2cncc(C(F)(F)F)c2)c1O. The zero-order valence-corrected chi connectivity index (χ0v) is 19.2. The minimum atomic E-state index is -4.77. The lowest BCUT2D eigenvalue weighted by atomic mass is 9.98. The summed E-state index contributed by atoms with van der Waals surface area (Å²) in [4.78, 5) is 13.8. The predicted molar refractivity (Wildman–Crippen MR) is 121 cm³/mol. The first-order valence-corrected chi connectivity index (χ1v) is 10.6. The van der Waals surface area contributed by atoms with Crippen LogP contribution < -0.4 is 4.74 Å². The molecule has 0 amide bonds. The second-order valence-corrected chi connectivity index (χ2v) is 8.04. The molecule has 0 aliphatic heterocycles. The molecule has 0 saturated heterocycles. The minimum absolute atomic E-state index is 0.107. The van der Waals surface area contributed by atoms with Crippen LogP contribution in [-0.2, 0) is 26.0 Å². The molecule has 4 rings (SSSR count). The predicted octanol–water partition coefficient (Wildman–Crippen LogP) is 6.38. The van der Waals surface area contributed by atoms with E-state index in [-0.39, 0.29) is 40.4 Å². The first kappa shape index (κ1) is 26.4. The van der Waals surface area contributed by atoms with Crippen molar-refractivity contribution in [1.29, 1.82) is 0 Å².